The van der Waals surface area contributed by atoms with E-state index in [2.05, 4.69) is 10.2 Å². The van der Waals surface area contributed by atoms with Gasteiger partial charge in [-0.1, -0.05) is 20.8 Å². The van der Waals surface area contributed by atoms with Crippen LogP contribution in [0.4, 0.5) is 5.69 Å². The third-order valence-corrected chi connectivity index (χ3v) is 6.17. The number of anilines is 1. The quantitative estimate of drug-likeness (QED) is 0.840. The number of nitrogens with one attached hydrogen (secondary N) is 1. The van der Waals surface area contributed by atoms with Crippen molar-refractivity contribution in [3.05, 3.63) is 24.3 Å². The third-order valence-electron chi connectivity index (χ3n) is 6.17. The number of carbonyl (C=O) groups excluding carboxylic acids is 2. The summed E-state index contributed by atoms with van der Waals surface area (Å²) >= 11 is 0. The van der Waals surface area contributed by atoms with Crippen molar-refractivity contribution in [2.45, 2.75) is 52.5 Å². The Morgan fingerprint density at radius 1 is 0.966 bits per heavy atom. The van der Waals surface area contributed by atoms with Crippen molar-refractivity contribution in [3.63, 3.8) is 0 Å². The van der Waals surface area contributed by atoms with E-state index in [1.807, 2.05) is 49.9 Å². The summed E-state index contributed by atoms with van der Waals surface area (Å²) in [5, 5.41) is 3.03. The van der Waals surface area contributed by atoms with E-state index < -0.39 is 0 Å². The average molecular weight is 402 g/mol. The summed E-state index contributed by atoms with van der Waals surface area (Å²) in [6.45, 7) is 9.57. The maximum absolute atomic E-state index is 12.6. The number of ether oxygens (including phenoxy) is 1. The molecule has 2 fully saturated rings. The van der Waals surface area contributed by atoms with Gasteiger partial charge in [0.05, 0.1) is 7.11 Å². The van der Waals surface area contributed by atoms with Crippen LogP contribution < -0.4 is 10.1 Å². The second kappa shape index (κ2) is 9.16. The third kappa shape index (κ3) is 5.50. The number of amides is 2. The molecule has 2 saturated heterocycles. The molecule has 1 aromatic rings. The molecule has 6 heteroatoms. The molecule has 3 rings (SSSR count). The van der Waals surface area contributed by atoms with Crippen LogP contribution in [0.15, 0.2) is 24.3 Å². The number of piperidine rings is 2. The minimum Gasteiger partial charge on any atom is -0.497 e. The molecule has 0 aromatic heterocycles. The van der Waals surface area contributed by atoms with Gasteiger partial charge < -0.3 is 19.9 Å². The van der Waals surface area contributed by atoms with Gasteiger partial charge >= 0.3 is 0 Å². The zero-order valence-electron chi connectivity index (χ0n) is 18.2. The van der Waals surface area contributed by atoms with E-state index in [0.29, 0.717) is 6.04 Å². The van der Waals surface area contributed by atoms with Crippen molar-refractivity contribution in [2.24, 2.45) is 11.3 Å². The summed E-state index contributed by atoms with van der Waals surface area (Å²) in [4.78, 5) is 29.6. The molecular formula is C23H35N3O3. The topological polar surface area (TPSA) is 61.9 Å². The maximum Gasteiger partial charge on any atom is 0.227 e. The molecule has 1 aromatic carbocycles. The molecule has 2 amide bonds. The standard InChI is InChI=1S/C23H35N3O3/c1-23(2,3)22(28)26-15-11-19(12-16-26)25-13-9-17(10-14-25)21(27)24-18-5-7-20(29-4)8-6-18/h5-8,17,19H,9-16H2,1-4H3,(H,24,27). The minimum absolute atomic E-state index is 0.0657. The lowest BCUT2D eigenvalue weighted by Crippen LogP contribution is -2.51. The number of rotatable bonds is 4. The Hall–Kier alpha value is -2.08. The van der Waals surface area contributed by atoms with Crippen molar-refractivity contribution >= 4 is 17.5 Å². The van der Waals surface area contributed by atoms with Gasteiger partial charge in [0.15, 0.2) is 0 Å². The molecule has 2 heterocycles. The number of benzene rings is 1. The number of hydrogen-bond donors (Lipinski definition) is 1. The van der Waals surface area contributed by atoms with Crippen molar-refractivity contribution in [1.29, 1.82) is 0 Å². The van der Waals surface area contributed by atoms with E-state index in [1.54, 1.807) is 7.11 Å². The normalized spacial score (nSPS) is 19.8. The molecule has 29 heavy (non-hydrogen) atoms. The fourth-order valence-corrected chi connectivity index (χ4v) is 4.35. The zero-order valence-corrected chi connectivity index (χ0v) is 18.2. The molecule has 0 bridgehead atoms. The molecular weight excluding hydrogens is 366 g/mol. The van der Waals surface area contributed by atoms with Crippen molar-refractivity contribution in [2.75, 3.05) is 38.6 Å². The number of nitrogens with zero attached hydrogens (tertiary/aromatic N) is 2. The fraction of sp³-hybridized carbons (Fsp3) is 0.652. The molecule has 0 radical (unpaired) electrons. The van der Waals surface area contributed by atoms with Gasteiger partial charge in [-0.15, -0.1) is 0 Å². The lowest BCUT2D eigenvalue weighted by atomic mass is 9.91. The van der Waals surface area contributed by atoms with E-state index in [-0.39, 0.29) is 23.1 Å². The number of hydrogen-bond acceptors (Lipinski definition) is 4. The second-order valence-electron chi connectivity index (χ2n) is 9.30. The maximum atomic E-state index is 12.6. The number of likely N-dealkylation sites (tertiary alicyclic amines) is 2. The Balaban J connectivity index is 1.43. The lowest BCUT2D eigenvalue weighted by Gasteiger charge is -2.42. The Kier molecular flexibility index (Phi) is 6.83. The predicted octanol–water partition coefficient (Wildman–Crippen LogP) is 3.38. The van der Waals surface area contributed by atoms with Crippen LogP contribution in [0.3, 0.4) is 0 Å². The highest BCUT2D eigenvalue weighted by Gasteiger charge is 2.34. The van der Waals surface area contributed by atoms with Crippen LogP contribution in [-0.2, 0) is 9.59 Å². The first-order valence-corrected chi connectivity index (χ1v) is 10.8. The second-order valence-corrected chi connectivity index (χ2v) is 9.30. The SMILES string of the molecule is COc1ccc(NC(=O)C2CCN(C3CCN(C(=O)C(C)(C)C)CC3)CC2)cc1. The van der Waals surface area contributed by atoms with Gasteiger partial charge in [-0.3, -0.25) is 9.59 Å². The van der Waals surface area contributed by atoms with E-state index in [1.165, 1.54) is 0 Å². The Morgan fingerprint density at radius 2 is 1.55 bits per heavy atom. The Labute approximate surface area is 174 Å². The highest BCUT2D eigenvalue weighted by molar-refractivity contribution is 5.92. The summed E-state index contributed by atoms with van der Waals surface area (Å²) in [6.07, 6.45) is 3.85. The highest BCUT2D eigenvalue weighted by atomic mass is 16.5. The molecule has 0 unspecified atom stereocenters. The zero-order chi connectivity index (χ0) is 21.0. The lowest BCUT2D eigenvalue weighted by molar-refractivity contribution is -0.141. The molecule has 1 N–H and O–H groups in total. The number of carbonyl (C=O) groups is 2. The molecule has 0 atom stereocenters. The van der Waals surface area contributed by atoms with Crippen molar-refractivity contribution in [1.82, 2.24) is 9.80 Å². The smallest absolute Gasteiger partial charge is 0.227 e. The predicted molar refractivity (Wildman–Crippen MR) is 115 cm³/mol. The Bertz CT molecular complexity index is 695. The summed E-state index contributed by atoms with van der Waals surface area (Å²) in [5.41, 5.74) is 0.511. The molecule has 0 saturated carbocycles. The number of methoxy groups -OCH3 is 1. The van der Waals surface area contributed by atoms with Crippen molar-refractivity contribution < 1.29 is 14.3 Å². The monoisotopic (exact) mass is 401 g/mol. The summed E-state index contributed by atoms with van der Waals surface area (Å²) in [7, 11) is 1.63. The highest BCUT2D eigenvalue weighted by Crippen LogP contribution is 2.27. The van der Waals surface area contributed by atoms with Gasteiger partial charge in [-0.2, -0.15) is 0 Å². The molecule has 0 spiro atoms. The van der Waals surface area contributed by atoms with Crippen LogP contribution in [-0.4, -0.2) is 60.9 Å². The molecule has 6 nitrogen and oxygen atoms in total. The van der Waals surface area contributed by atoms with Crippen LogP contribution in [0.2, 0.25) is 0 Å². The van der Waals surface area contributed by atoms with Gasteiger partial charge in [0.2, 0.25) is 11.8 Å². The first-order chi connectivity index (χ1) is 13.8. The summed E-state index contributed by atoms with van der Waals surface area (Å²) in [5.74, 6) is 1.22. The molecule has 0 aliphatic carbocycles. The van der Waals surface area contributed by atoms with Crippen LogP contribution in [0, 0.1) is 11.3 Å². The minimum atomic E-state index is -0.303. The van der Waals surface area contributed by atoms with Crippen molar-refractivity contribution in [3.8, 4) is 5.75 Å². The van der Waals surface area contributed by atoms with E-state index >= 15 is 0 Å². The van der Waals surface area contributed by atoms with Gasteiger partial charge in [0.1, 0.15) is 5.75 Å². The fourth-order valence-electron chi connectivity index (χ4n) is 4.35. The van der Waals surface area contributed by atoms with E-state index in [4.69, 9.17) is 4.74 Å². The van der Waals surface area contributed by atoms with Gasteiger partial charge in [0.25, 0.3) is 0 Å². The summed E-state index contributed by atoms with van der Waals surface area (Å²) < 4.78 is 5.16. The molecule has 2 aliphatic heterocycles. The first-order valence-electron chi connectivity index (χ1n) is 10.8. The molecule has 2 aliphatic rings. The van der Waals surface area contributed by atoms with E-state index in [9.17, 15) is 9.59 Å². The van der Waals surface area contributed by atoms with Crippen LogP contribution in [0.1, 0.15) is 46.5 Å². The van der Waals surface area contributed by atoms with E-state index in [0.717, 1.165) is 63.3 Å². The van der Waals surface area contributed by atoms with Gasteiger partial charge in [-0.05, 0) is 63.0 Å². The van der Waals surface area contributed by atoms with Crippen LogP contribution in [0.5, 0.6) is 5.75 Å². The van der Waals surface area contributed by atoms with Crippen LogP contribution in [0.25, 0.3) is 0 Å². The first kappa shape index (κ1) is 21.6. The summed E-state index contributed by atoms with van der Waals surface area (Å²) in [6, 6.07) is 7.99. The Morgan fingerprint density at radius 3 is 2.07 bits per heavy atom. The van der Waals surface area contributed by atoms with Gasteiger partial charge in [-0.25, -0.2) is 0 Å². The van der Waals surface area contributed by atoms with Gasteiger partial charge in [0, 0.05) is 36.2 Å². The average Bonchev–Trinajstić information content (AvgIpc) is 2.73. The molecule has 160 valence electrons. The van der Waals surface area contributed by atoms with Crippen LogP contribution >= 0.6 is 0 Å². The largest absolute Gasteiger partial charge is 0.497 e.